The van der Waals surface area contributed by atoms with Crippen LogP contribution in [0.3, 0.4) is 0 Å². The molecule has 2 aliphatic heterocycles. The molecule has 3 aliphatic rings. The average molecular weight is 464 g/mol. The van der Waals surface area contributed by atoms with Gasteiger partial charge in [-0.3, -0.25) is 9.48 Å². The molecule has 3 aromatic rings. The molecular formula is C25H29N5O4. The minimum Gasteiger partial charge on any atom is -0.491 e. The van der Waals surface area contributed by atoms with Crippen LogP contribution in [0.2, 0.25) is 0 Å². The van der Waals surface area contributed by atoms with Crippen LogP contribution in [0.25, 0.3) is 11.3 Å². The Bertz CT molecular complexity index is 1200. The molecule has 0 bridgehead atoms. The largest absolute Gasteiger partial charge is 0.491 e. The van der Waals surface area contributed by atoms with Gasteiger partial charge in [-0.05, 0) is 55.0 Å². The number of ether oxygens (including phenoxy) is 3. The monoisotopic (exact) mass is 463 g/mol. The van der Waals surface area contributed by atoms with E-state index < -0.39 is 0 Å². The number of hydrogen-bond acceptors (Lipinski definition) is 6. The van der Waals surface area contributed by atoms with Gasteiger partial charge in [0.2, 0.25) is 5.88 Å². The summed E-state index contributed by atoms with van der Waals surface area (Å²) in [6.45, 7) is 2.55. The molecule has 1 saturated carbocycles. The van der Waals surface area contributed by atoms with Crippen LogP contribution in [-0.2, 0) is 24.8 Å². The van der Waals surface area contributed by atoms with E-state index in [-0.39, 0.29) is 18.1 Å². The van der Waals surface area contributed by atoms with Gasteiger partial charge in [0.05, 0.1) is 18.3 Å². The quantitative estimate of drug-likeness (QED) is 0.579. The molecule has 1 N–H and O–H groups in total. The van der Waals surface area contributed by atoms with E-state index >= 15 is 0 Å². The highest BCUT2D eigenvalue weighted by Crippen LogP contribution is 2.31. The number of hydrogen-bond donors (Lipinski definition) is 1. The number of nitrogens with one attached hydrogen (secondary N) is 1. The summed E-state index contributed by atoms with van der Waals surface area (Å²) >= 11 is 0. The second-order valence-corrected chi connectivity index (χ2v) is 9.48. The SMILES string of the molecule is Cn1ccc(-c2ccc3c(c2)C[C@@H](NC(=O)c2cc4n(n2)CCC(COCC2CC2)O4)CO3)n1. The maximum Gasteiger partial charge on any atom is 0.272 e. The summed E-state index contributed by atoms with van der Waals surface area (Å²) in [5.41, 5.74) is 3.37. The second-order valence-electron chi connectivity index (χ2n) is 9.48. The van der Waals surface area contributed by atoms with E-state index in [0.717, 1.165) is 48.1 Å². The summed E-state index contributed by atoms with van der Waals surface area (Å²) in [7, 11) is 1.90. The number of benzene rings is 1. The highest BCUT2D eigenvalue weighted by atomic mass is 16.5. The maximum absolute atomic E-state index is 12.9. The number of aromatic nitrogens is 4. The molecule has 0 radical (unpaired) electrons. The molecule has 1 unspecified atom stereocenters. The van der Waals surface area contributed by atoms with Crippen molar-refractivity contribution in [2.75, 3.05) is 19.8 Å². The second kappa shape index (κ2) is 8.79. The van der Waals surface area contributed by atoms with Crippen molar-refractivity contribution < 1.29 is 19.0 Å². The average Bonchev–Trinajstić information content (AvgIpc) is 3.39. The predicted octanol–water partition coefficient (Wildman–Crippen LogP) is 2.59. The third-order valence-electron chi connectivity index (χ3n) is 6.59. The summed E-state index contributed by atoms with van der Waals surface area (Å²) in [6, 6.07) is 9.64. The molecule has 178 valence electrons. The fourth-order valence-electron chi connectivity index (χ4n) is 4.50. The van der Waals surface area contributed by atoms with Crippen LogP contribution >= 0.6 is 0 Å². The molecule has 0 saturated heterocycles. The van der Waals surface area contributed by atoms with Crippen molar-refractivity contribution >= 4 is 5.91 Å². The number of carbonyl (C=O) groups excluding carboxylic acids is 1. The van der Waals surface area contributed by atoms with Crippen LogP contribution in [0, 0.1) is 5.92 Å². The molecule has 1 aliphatic carbocycles. The van der Waals surface area contributed by atoms with Crippen LogP contribution in [-0.4, -0.2) is 57.4 Å². The van der Waals surface area contributed by atoms with Crippen molar-refractivity contribution in [2.45, 2.75) is 44.4 Å². The van der Waals surface area contributed by atoms with Gasteiger partial charge in [0.15, 0.2) is 5.69 Å². The molecule has 0 spiro atoms. The third kappa shape index (κ3) is 4.52. The first kappa shape index (κ1) is 21.2. The topological polar surface area (TPSA) is 92.4 Å². The van der Waals surface area contributed by atoms with E-state index in [9.17, 15) is 4.79 Å². The maximum atomic E-state index is 12.9. The lowest BCUT2D eigenvalue weighted by molar-refractivity contribution is 0.0221. The number of amides is 1. The number of rotatable bonds is 7. The first-order valence-corrected chi connectivity index (χ1v) is 12.0. The number of carbonyl (C=O) groups is 1. The van der Waals surface area contributed by atoms with Crippen LogP contribution in [0.15, 0.2) is 36.5 Å². The lowest BCUT2D eigenvalue weighted by Crippen LogP contribution is -2.42. The number of nitrogens with zero attached hydrogens (tertiary/aromatic N) is 4. The van der Waals surface area contributed by atoms with Gasteiger partial charge in [0.1, 0.15) is 18.5 Å². The van der Waals surface area contributed by atoms with Gasteiger partial charge in [0.25, 0.3) is 5.91 Å². The Balaban J connectivity index is 1.08. The molecule has 4 heterocycles. The number of fused-ring (bicyclic) bond motifs is 2. The molecule has 9 nitrogen and oxygen atoms in total. The molecule has 1 fully saturated rings. The highest BCUT2D eigenvalue weighted by Gasteiger charge is 2.28. The highest BCUT2D eigenvalue weighted by molar-refractivity contribution is 5.92. The van der Waals surface area contributed by atoms with Gasteiger partial charge < -0.3 is 19.5 Å². The van der Waals surface area contributed by atoms with Gasteiger partial charge >= 0.3 is 0 Å². The Morgan fingerprint density at radius 3 is 2.91 bits per heavy atom. The fraction of sp³-hybridized carbons (Fsp3) is 0.480. The summed E-state index contributed by atoms with van der Waals surface area (Å²) in [4.78, 5) is 12.9. The standard InChI is InChI=1S/C25H29N5O4/c1-29-8-7-21(27-29)17-4-5-23-18(10-17)11-19(14-33-23)26-25(31)22-12-24-30(28-22)9-6-20(34-24)15-32-13-16-2-3-16/h4-5,7-8,10,12,16,19-20H,2-3,6,9,11,13-15H2,1H3,(H,26,31)/t19-,20?/m1/s1. The first-order valence-electron chi connectivity index (χ1n) is 12.0. The molecule has 1 amide bonds. The summed E-state index contributed by atoms with van der Waals surface area (Å²) in [5.74, 6) is 2.00. The zero-order valence-corrected chi connectivity index (χ0v) is 19.3. The molecule has 2 atom stereocenters. The lowest BCUT2D eigenvalue weighted by atomic mass is 9.99. The van der Waals surface area contributed by atoms with Gasteiger partial charge in [-0.25, -0.2) is 4.68 Å². The molecule has 9 heteroatoms. The Morgan fingerprint density at radius 2 is 2.09 bits per heavy atom. The summed E-state index contributed by atoms with van der Waals surface area (Å²) in [6.07, 6.45) is 6.00. The van der Waals surface area contributed by atoms with Crippen molar-refractivity contribution in [1.29, 1.82) is 0 Å². The van der Waals surface area contributed by atoms with Crippen molar-refractivity contribution in [2.24, 2.45) is 13.0 Å². The van der Waals surface area contributed by atoms with Crippen molar-refractivity contribution in [1.82, 2.24) is 24.9 Å². The van der Waals surface area contributed by atoms with E-state index in [1.165, 1.54) is 12.8 Å². The Labute approximate surface area is 198 Å². The molecular weight excluding hydrogens is 434 g/mol. The van der Waals surface area contributed by atoms with Crippen LogP contribution in [0.5, 0.6) is 11.6 Å². The van der Waals surface area contributed by atoms with Gasteiger partial charge in [-0.2, -0.15) is 10.2 Å². The Morgan fingerprint density at radius 1 is 1.18 bits per heavy atom. The Hall–Kier alpha value is -3.33. The zero-order chi connectivity index (χ0) is 23.1. The fourth-order valence-corrected chi connectivity index (χ4v) is 4.50. The predicted molar refractivity (Wildman–Crippen MR) is 124 cm³/mol. The Kier molecular flexibility index (Phi) is 5.49. The molecule has 34 heavy (non-hydrogen) atoms. The minimum absolute atomic E-state index is 0.00964. The van der Waals surface area contributed by atoms with E-state index in [1.54, 1.807) is 15.4 Å². The van der Waals surface area contributed by atoms with Crippen LogP contribution in [0.1, 0.15) is 35.3 Å². The van der Waals surface area contributed by atoms with Gasteiger partial charge in [0, 0.05) is 44.4 Å². The molecule has 2 aromatic heterocycles. The van der Waals surface area contributed by atoms with Crippen molar-refractivity contribution in [3.05, 3.63) is 47.8 Å². The summed E-state index contributed by atoms with van der Waals surface area (Å²) in [5, 5.41) is 12.0. The van der Waals surface area contributed by atoms with Gasteiger partial charge in [-0.15, -0.1) is 0 Å². The summed E-state index contributed by atoms with van der Waals surface area (Å²) < 4.78 is 21.3. The lowest BCUT2D eigenvalue weighted by Gasteiger charge is -2.26. The van der Waals surface area contributed by atoms with Crippen LogP contribution < -0.4 is 14.8 Å². The van der Waals surface area contributed by atoms with Gasteiger partial charge in [-0.1, -0.05) is 0 Å². The first-order chi connectivity index (χ1) is 16.6. The zero-order valence-electron chi connectivity index (χ0n) is 19.3. The smallest absolute Gasteiger partial charge is 0.272 e. The molecule has 6 rings (SSSR count). The number of aryl methyl sites for hydroxylation is 2. The third-order valence-corrected chi connectivity index (χ3v) is 6.59. The van der Waals surface area contributed by atoms with E-state index in [4.69, 9.17) is 14.2 Å². The van der Waals surface area contributed by atoms with Crippen molar-refractivity contribution in [3.8, 4) is 22.9 Å². The van der Waals surface area contributed by atoms with E-state index in [0.29, 0.717) is 31.2 Å². The van der Waals surface area contributed by atoms with E-state index in [2.05, 4.69) is 21.6 Å². The van der Waals surface area contributed by atoms with Crippen molar-refractivity contribution in [3.63, 3.8) is 0 Å². The van der Waals surface area contributed by atoms with E-state index in [1.807, 2.05) is 31.4 Å². The minimum atomic E-state index is -0.218. The normalized spacial score (nSPS) is 21.2. The molecule has 1 aromatic carbocycles. The van der Waals surface area contributed by atoms with Crippen LogP contribution in [0.4, 0.5) is 0 Å².